The Morgan fingerprint density at radius 2 is 1.79 bits per heavy atom. The Balaban J connectivity index is 1.89. The molecule has 0 aromatic heterocycles. The Bertz CT molecular complexity index is 714. The highest BCUT2D eigenvalue weighted by Gasteiger charge is 2.73. The molecule has 0 saturated heterocycles. The molecule has 4 fully saturated rings. The zero-order valence-electron chi connectivity index (χ0n) is 17.3. The van der Waals surface area contributed by atoms with Gasteiger partial charge >= 0.3 is 5.97 Å². The molecule has 4 rings (SSSR count). The maximum atomic E-state index is 12.0. The van der Waals surface area contributed by atoms with Gasteiger partial charge in [-0.3, -0.25) is 4.79 Å². The highest BCUT2D eigenvalue weighted by molar-refractivity contribution is 5.66. The third-order valence-corrected chi connectivity index (χ3v) is 9.03. The number of carbonyl (C=O) groups excluding carboxylic acids is 1. The molecule has 6 nitrogen and oxygen atoms in total. The van der Waals surface area contributed by atoms with Crippen molar-refractivity contribution in [3.63, 3.8) is 0 Å². The molecule has 28 heavy (non-hydrogen) atoms. The number of ether oxygens (including phenoxy) is 1. The van der Waals surface area contributed by atoms with Crippen LogP contribution in [-0.2, 0) is 9.53 Å². The van der Waals surface area contributed by atoms with E-state index in [0.717, 1.165) is 12.0 Å². The SMILES string of the molecule is C=C1[C@H]2C[C@H](O)C(C)(C)[C@@]2(O)[C@H](OC(C)=O)C[C@]23C[C@@](C)(O)[C@H](CC[C@@H]12)[C@H]3O. The first-order chi connectivity index (χ1) is 12.8. The monoisotopic (exact) mass is 394 g/mol. The third kappa shape index (κ3) is 2.26. The summed E-state index contributed by atoms with van der Waals surface area (Å²) in [6, 6.07) is 0. The maximum Gasteiger partial charge on any atom is 0.303 e. The zero-order valence-corrected chi connectivity index (χ0v) is 17.3. The van der Waals surface area contributed by atoms with Crippen molar-refractivity contribution in [2.45, 2.75) is 89.3 Å². The average molecular weight is 395 g/mol. The van der Waals surface area contributed by atoms with E-state index in [1.807, 2.05) is 0 Å². The minimum atomic E-state index is -1.48. The molecule has 0 radical (unpaired) electrons. The molecule has 0 aromatic carbocycles. The van der Waals surface area contributed by atoms with Crippen molar-refractivity contribution in [3.8, 4) is 0 Å². The molecule has 4 aliphatic carbocycles. The summed E-state index contributed by atoms with van der Waals surface area (Å²) >= 11 is 0. The number of esters is 1. The van der Waals surface area contributed by atoms with Crippen molar-refractivity contribution in [2.75, 3.05) is 0 Å². The van der Waals surface area contributed by atoms with Crippen molar-refractivity contribution in [3.05, 3.63) is 12.2 Å². The highest BCUT2D eigenvalue weighted by atomic mass is 16.6. The fourth-order valence-electron chi connectivity index (χ4n) is 7.53. The Morgan fingerprint density at radius 1 is 1.14 bits per heavy atom. The molecule has 1 spiro atoms. The van der Waals surface area contributed by atoms with Gasteiger partial charge in [-0.25, -0.2) is 0 Å². The van der Waals surface area contributed by atoms with Gasteiger partial charge in [0.1, 0.15) is 11.7 Å². The van der Waals surface area contributed by atoms with Crippen LogP contribution in [0.2, 0.25) is 0 Å². The standard InChI is InChI=1S/C22H34O6/c1-11-13-6-7-14-18(25)21(13,10-20(14,5)26)9-17(28-12(2)23)22(27)15(11)8-16(24)19(22,3)4/h13-18,24-27H,1,6-10H2,2-5H3/t13-,14+,15+,16-,17+,18+,20+,21-,22-/m0/s1. The van der Waals surface area contributed by atoms with Gasteiger partial charge in [-0.15, -0.1) is 0 Å². The van der Waals surface area contributed by atoms with Crippen molar-refractivity contribution in [1.29, 1.82) is 0 Å². The van der Waals surface area contributed by atoms with Crippen molar-refractivity contribution in [1.82, 2.24) is 0 Å². The Hall–Kier alpha value is -0.950. The first-order valence-corrected chi connectivity index (χ1v) is 10.5. The zero-order chi connectivity index (χ0) is 20.9. The third-order valence-electron chi connectivity index (χ3n) is 9.03. The van der Waals surface area contributed by atoms with Crippen LogP contribution in [0.25, 0.3) is 0 Å². The molecule has 2 bridgehead atoms. The summed E-state index contributed by atoms with van der Waals surface area (Å²) < 4.78 is 5.70. The van der Waals surface area contributed by atoms with E-state index in [1.165, 1.54) is 6.92 Å². The second-order valence-corrected chi connectivity index (χ2v) is 10.7. The highest BCUT2D eigenvalue weighted by Crippen LogP contribution is 2.69. The van der Waals surface area contributed by atoms with Gasteiger partial charge in [0.2, 0.25) is 0 Å². The van der Waals surface area contributed by atoms with E-state index in [-0.39, 0.29) is 18.3 Å². The summed E-state index contributed by atoms with van der Waals surface area (Å²) in [4.78, 5) is 12.0. The van der Waals surface area contributed by atoms with Gasteiger partial charge in [0.25, 0.3) is 0 Å². The molecule has 158 valence electrons. The molecule has 0 aromatic rings. The first-order valence-electron chi connectivity index (χ1n) is 10.5. The lowest BCUT2D eigenvalue weighted by atomic mass is 9.61. The second-order valence-electron chi connectivity index (χ2n) is 10.7. The summed E-state index contributed by atoms with van der Waals surface area (Å²) in [7, 11) is 0. The van der Waals surface area contributed by atoms with Crippen LogP contribution in [0.5, 0.6) is 0 Å². The molecule has 4 saturated carbocycles. The van der Waals surface area contributed by atoms with E-state index in [2.05, 4.69) is 6.58 Å². The molecule has 4 aliphatic rings. The Morgan fingerprint density at radius 3 is 2.39 bits per heavy atom. The minimum absolute atomic E-state index is 0.0918. The topological polar surface area (TPSA) is 107 Å². The predicted molar refractivity (Wildman–Crippen MR) is 102 cm³/mol. The Kier molecular flexibility index (Phi) is 4.22. The summed E-state index contributed by atoms with van der Waals surface area (Å²) in [5, 5.41) is 45.1. The van der Waals surface area contributed by atoms with Gasteiger partial charge in [0, 0.05) is 29.6 Å². The number of rotatable bonds is 1. The van der Waals surface area contributed by atoms with Crippen molar-refractivity contribution < 1.29 is 30.0 Å². The average Bonchev–Trinajstić information content (AvgIpc) is 2.77. The van der Waals surface area contributed by atoms with E-state index >= 15 is 0 Å². The molecular formula is C22H34O6. The number of carbonyl (C=O) groups is 1. The summed E-state index contributed by atoms with van der Waals surface area (Å²) in [6.07, 6.45) is 0.0770. The fourth-order valence-corrected chi connectivity index (χ4v) is 7.53. The number of hydrogen-bond donors (Lipinski definition) is 4. The van der Waals surface area contributed by atoms with Crippen LogP contribution in [0.1, 0.15) is 59.8 Å². The molecule has 0 heterocycles. The molecule has 4 N–H and O–H groups in total. The maximum absolute atomic E-state index is 12.0. The van der Waals surface area contributed by atoms with Crippen LogP contribution >= 0.6 is 0 Å². The molecule has 9 atom stereocenters. The fraction of sp³-hybridized carbons (Fsp3) is 0.864. The van der Waals surface area contributed by atoms with E-state index in [1.54, 1.807) is 20.8 Å². The molecule has 0 aliphatic heterocycles. The predicted octanol–water partition coefficient (Wildman–Crippen LogP) is 1.54. The molecule has 0 amide bonds. The normalized spacial score (nSPS) is 54.6. The van der Waals surface area contributed by atoms with Crippen LogP contribution in [0.3, 0.4) is 0 Å². The quantitative estimate of drug-likeness (QED) is 0.397. The number of aliphatic hydroxyl groups excluding tert-OH is 2. The molecular weight excluding hydrogens is 360 g/mol. The van der Waals surface area contributed by atoms with Crippen LogP contribution in [-0.4, -0.2) is 55.9 Å². The largest absolute Gasteiger partial charge is 0.459 e. The van der Waals surface area contributed by atoms with Gasteiger partial charge in [-0.05, 0) is 44.9 Å². The lowest BCUT2D eigenvalue weighted by Crippen LogP contribution is -2.58. The van der Waals surface area contributed by atoms with Gasteiger partial charge in [-0.2, -0.15) is 0 Å². The Labute approximate surface area is 166 Å². The second kappa shape index (κ2) is 5.81. The van der Waals surface area contributed by atoms with E-state index in [4.69, 9.17) is 4.74 Å². The smallest absolute Gasteiger partial charge is 0.303 e. The van der Waals surface area contributed by atoms with Gasteiger partial charge in [0.15, 0.2) is 0 Å². The lowest BCUT2D eigenvalue weighted by Gasteiger charge is -2.47. The number of fused-ring (bicyclic) bond motifs is 2. The van der Waals surface area contributed by atoms with E-state index < -0.39 is 52.2 Å². The number of aliphatic hydroxyl groups is 4. The van der Waals surface area contributed by atoms with Gasteiger partial charge in [0.05, 0.1) is 17.8 Å². The molecule has 0 unspecified atom stereocenters. The van der Waals surface area contributed by atoms with Crippen molar-refractivity contribution >= 4 is 5.97 Å². The van der Waals surface area contributed by atoms with E-state index in [0.29, 0.717) is 19.3 Å². The minimum Gasteiger partial charge on any atom is -0.459 e. The first kappa shape index (κ1) is 20.3. The van der Waals surface area contributed by atoms with Gasteiger partial charge in [-0.1, -0.05) is 26.0 Å². The van der Waals surface area contributed by atoms with Crippen LogP contribution < -0.4 is 0 Å². The molecule has 6 heteroatoms. The van der Waals surface area contributed by atoms with E-state index in [9.17, 15) is 25.2 Å². The summed E-state index contributed by atoms with van der Waals surface area (Å²) in [6.45, 7) is 11.0. The van der Waals surface area contributed by atoms with Gasteiger partial charge < -0.3 is 25.2 Å². The summed E-state index contributed by atoms with van der Waals surface area (Å²) in [5.74, 6) is -1.26. The van der Waals surface area contributed by atoms with Crippen molar-refractivity contribution in [2.24, 2.45) is 28.6 Å². The van der Waals surface area contributed by atoms with Crippen LogP contribution in [0, 0.1) is 28.6 Å². The number of hydrogen-bond acceptors (Lipinski definition) is 6. The summed E-state index contributed by atoms with van der Waals surface area (Å²) in [5.41, 5.74) is -3.27. The van der Waals surface area contributed by atoms with Crippen LogP contribution in [0.4, 0.5) is 0 Å². The van der Waals surface area contributed by atoms with Crippen LogP contribution in [0.15, 0.2) is 12.2 Å². The lowest BCUT2D eigenvalue weighted by molar-refractivity contribution is -0.198.